The minimum atomic E-state index is -0.0980. The van der Waals surface area contributed by atoms with E-state index in [9.17, 15) is 9.59 Å². The summed E-state index contributed by atoms with van der Waals surface area (Å²) in [5.74, 6) is 1.05. The minimum absolute atomic E-state index is 0.0802. The Morgan fingerprint density at radius 2 is 1.70 bits per heavy atom. The number of fused-ring (bicyclic) bond motifs is 1. The van der Waals surface area contributed by atoms with Crippen LogP contribution >= 0.6 is 11.6 Å². The van der Waals surface area contributed by atoms with Crippen LogP contribution in [0.3, 0.4) is 0 Å². The maximum absolute atomic E-state index is 12.5. The third-order valence-electron chi connectivity index (χ3n) is 4.76. The van der Waals surface area contributed by atoms with Gasteiger partial charge in [0.2, 0.25) is 5.91 Å². The highest BCUT2D eigenvalue weighted by atomic mass is 35.5. The smallest absolute Gasteiger partial charge is 0.223 e. The number of halogens is 1. The first-order valence-electron chi connectivity index (χ1n) is 8.89. The average Bonchev–Trinajstić information content (AvgIpc) is 2.70. The third-order valence-corrected chi connectivity index (χ3v) is 5.01. The zero-order valence-corrected chi connectivity index (χ0v) is 16.2. The van der Waals surface area contributed by atoms with Gasteiger partial charge in [-0.3, -0.25) is 9.59 Å². The molecule has 1 aliphatic rings. The molecule has 0 fully saturated rings. The highest BCUT2D eigenvalue weighted by molar-refractivity contribution is 6.30. The number of hydrogen-bond acceptors (Lipinski definition) is 4. The molecule has 0 saturated heterocycles. The van der Waals surface area contributed by atoms with Crippen LogP contribution in [0.5, 0.6) is 11.5 Å². The number of ketones is 1. The summed E-state index contributed by atoms with van der Waals surface area (Å²) < 4.78 is 11.0. The van der Waals surface area contributed by atoms with Crippen LogP contribution in [0.2, 0.25) is 5.02 Å². The predicted molar refractivity (Wildman–Crippen MR) is 104 cm³/mol. The van der Waals surface area contributed by atoms with E-state index in [1.165, 1.54) is 0 Å². The summed E-state index contributed by atoms with van der Waals surface area (Å²) in [5, 5.41) is 0.657. The first-order valence-corrected chi connectivity index (χ1v) is 9.27. The first kappa shape index (κ1) is 19.2. The molecule has 1 heterocycles. The second-order valence-corrected chi connectivity index (χ2v) is 6.95. The largest absolute Gasteiger partial charge is 0.486 e. The van der Waals surface area contributed by atoms with E-state index in [2.05, 4.69) is 0 Å². The minimum Gasteiger partial charge on any atom is -0.486 e. The second-order valence-electron chi connectivity index (χ2n) is 6.51. The number of Topliss-reactive ketones (excluding diaryl/α,β-unsaturated/α-hetero) is 1. The van der Waals surface area contributed by atoms with Crippen LogP contribution in [0.1, 0.15) is 41.7 Å². The molecule has 0 aromatic heterocycles. The number of amides is 1. The maximum atomic E-state index is 12.5. The highest BCUT2D eigenvalue weighted by Gasteiger charge is 2.20. The van der Waals surface area contributed by atoms with Gasteiger partial charge in [-0.15, -0.1) is 0 Å². The monoisotopic (exact) mass is 387 g/mol. The molecule has 2 aromatic carbocycles. The molecule has 142 valence electrons. The van der Waals surface area contributed by atoms with Gasteiger partial charge in [0, 0.05) is 30.5 Å². The zero-order chi connectivity index (χ0) is 19.4. The van der Waals surface area contributed by atoms with Gasteiger partial charge in [-0.2, -0.15) is 0 Å². The number of benzene rings is 2. The van der Waals surface area contributed by atoms with Crippen LogP contribution in [-0.2, 0) is 4.79 Å². The van der Waals surface area contributed by atoms with Gasteiger partial charge in [0.05, 0.1) is 6.04 Å². The van der Waals surface area contributed by atoms with Gasteiger partial charge in [-0.05, 0) is 42.8 Å². The molecule has 0 spiro atoms. The Bertz CT molecular complexity index is 835. The molecule has 2 aromatic rings. The summed E-state index contributed by atoms with van der Waals surface area (Å²) >= 11 is 5.91. The topological polar surface area (TPSA) is 55.8 Å². The fourth-order valence-electron chi connectivity index (χ4n) is 2.94. The standard InChI is InChI=1S/C21H22ClNO4/c1-14(15-3-6-17(22)7-4-15)23(2)21(25)10-8-18(24)16-5-9-19-20(13-16)27-12-11-26-19/h3-7,9,13-14H,8,10-12H2,1-2H3. The third kappa shape index (κ3) is 4.61. The van der Waals surface area contributed by atoms with E-state index in [1.807, 2.05) is 19.1 Å². The predicted octanol–water partition coefficient (Wildman–Crippen LogP) is 4.29. The summed E-state index contributed by atoms with van der Waals surface area (Å²) in [7, 11) is 1.75. The lowest BCUT2D eigenvalue weighted by Crippen LogP contribution is -2.29. The highest BCUT2D eigenvalue weighted by Crippen LogP contribution is 2.31. The van der Waals surface area contributed by atoms with Crippen molar-refractivity contribution in [2.75, 3.05) is 20.3 Å². The first-order chi connectivity index (χ1) is 13.0. The SMILES string of the molecule is CC(c1ccc(Cl)cc1)N(C)C(=O)CCC(=O)c1ccc2c(c1)OCCO2. The van der Waals surface area contributed by atoms with Gasteiger partial charge in [0.25, 0.3) is 0 Å². The molecule has 5 nitrogen and oxygen atoms in total. The Morgan fingerprint density at radius 3 is 2.41 bits per heavy atom. The molecule has 1 atom stereocenters. The summed E-state index contributed by atoms with van der Waals surface area (Å²) in [6.07, 6.45) is 0.303. The van der Waals surface area contributed by atoms with Gasteiger partial charge < -0.3 is 14.4 Å². The van der Waals surface area contributed by atoms with E-state index in [0.717, 1.165) is 5.56 Å². The van der Waals surface area contributed by atoms with E-state index < -0.39 is 0 Å². The Labute approximate surface area is 163 Å². The van der Waals surface area contributed by atoms with Crippen molar-refractivity contribution in [2.24, 2.45) is 0 Å². The number of ether oxygens (including phenoxy) is 2. The molecule has 27 heavy (non-hydrogen) atoms. The summed E-state index contributed by atoms with van der Waals surface area (Å²) in [6, 6.07) is 12.4. The van der Waals surface area contributed by atoms with E-state index >= 15 is 0 Å². The van der Waals surface area contributed by atoms with Gasteiger partial charge in [0.1, 0.15) is 13.2 Å². The Morgan fingerprint density at radius 1 is 1.04 bits per heavy atom. The molecular weight excluding hydrogens is 366 g/mol. The molecule has 3 rings (SSSR count). The summed E-state index contributed by atoms with van der Waals surface area (Å²) in [6.45, 7) is 2.92. The molecule has 0 radical (unpaired) electrons. The van der Waals surface area contributed by atoms with Crippen molar-refractivity contribution in [3.63, 3.8) is 0 Å². The van der Waals surface area contributed by atoms with Gasteiger partial charge in [0.15, 0.2) is 17.3 Å². The average molecular weight is 388 g/mol. The maximum Gasteiger partial charge on any atom is 0.223 e. The number of carbonyl (C=O) groups excluding carboxylic acids is 2. The van der Waals surface area contributed by atoms with Crippen LogP contribution < -0.4 is 9.47 Å². The number of nitrogens with zero attached hydrogens (tertiary/aromatic N) is 1. The number of hydrogen-bond donors (Lipinski definition) is 0. The van der Waals surface area contributed by atoms with Gasteiger partial charge in [-0.1, -0.05) is 23.7 Å². The van der Waals surface area contributed by atoms with Crippen LogP contribution in [0.4, 0.5) is 0 Å². The van der Waals surface area contributed by atoms with Crippen molar-refractivity contribution in [1.29, 1.82) is 0 Å². The van der Waals surface area contributed by atoms with Crippen LogP contribution in [-0.4, -0.2) is 36.9 Å². The lowest BCUT2D eigenvalue weighted by Gasteiger charge is -2.25. The van der Waals surface area contributed by atoms with Crippen molar-refractivity contribution >= 4 is 23.3 Å². The zero-order valence-electron chi connectivity index (χ0n) is 15.4. The molecule has 1 unspecified atom stereocenters. The summed E-state index contributed by atoms with van der Waals surface area (Å²) in [5.41, 5.74) is 1.52. The number of carbonyl (C=O) groups is 2. The van der Waals surface area contributed by atoms with E-state index in [4.69, 9.17) is 21.1 Å². The van der Waals surface area contributed by atoms with Crippen molar-refractivity contribution in [2.45, 2.75) is 25.8 Å². The summed E-state index contributed by atoms with van der Waals surface area (Å²) in [4.78, 5) is 26.6. The van der Waals surface area contributed by atoms with Gasteiger partial charge >= 0.3 is 0 Å². The van der Waals surface area contributed by atoms with E-state index in [-0.39, 0.29) is 30.6 Å². The van der Waals surface area contributed by atoms with Gasteiger partial charge in [-0.25, -0.2) is 0 Å². The van der Waals surface area contributed by atoms with Crippen LogP contribution in [0.15, 0.2) is 42.5 Å². The van der Waals surface area contributed by atoms with Crippen LogP contribution in [0.25, 0.3) is 0 Å². The lowest BCUT2D eigenvalue weighted by molar-refractivity contribution is -0.131. The van der Waals surface area contributed by atoms with Crippen molar-refractivity contribution < 1.29 is 19.1 Å². The Kier molecular flexibility index (Phi) is 6.01. The lowest BCUT2D eigenvalue weighted by atomic mass is 10.0. The fourth-order valence-corrected chi connectivity index (χ4v) is 3.06. The molecule has 1 amide bonds. The molecule has 0 aliphatic carbocycles. The second kappa shape index (κ2) is 8.44. The molecule has 0 N–H and O–H groups in total. The Balaban J connectivity index is 1.57. The molecule has 6 heteroatoms. The quantitative estimate of drug-likeness (QED) is 0.693. The molecular formula is C21H22ClNO4. The van der Waals surface area contributed by atoms with Crippen molar-refractivity contribution in [3.8, 4) is 11.5 Å². The molecule has 1 aliphatic heterocycles. The normalized spacial score (nSPS) is 13.7. The van der Waals surface area contributed by atoms with Crippen LogP contribution in [0, 0.1) is 0 Å². The van der Waals surface area contributed by atoms with E-state index in [1.54, 1.807) is 42.3 Å². The Hall–Kier alpha value is -2.53. The van der Waals surface area contributed by atoms with E-state index in [0.29, 0.717) is 35.3 Å². The van der Waals surface area contributed by atoms with Crippen molar-refractivity contribution in [1.82, 2.24) is 4.90 Å². The molecule has 0 saturated carbocycles. The fraction of sp³-hybridized carbons (Fsp3) is 0.333. The number of rotatable bonds is 6. The molecule has 0 bridgehead atoms. The van der Waals surface area contributed by atoms with Crippen molar-refractivity contribution in [3.05, 3.63) is 58.6 Å².